The van der Waals surface area contributed by atoms with Gasteiger partial charge in [0, 0.05) is 17.1 Å². The summed E-state index contributed by atoms with van der Waals surface area (Å²) in [5.74, 6) is -0.701. The fourth-order valence-electron chi connectivity index (χ4n) is 4.61. The molecule has 40 heavy (non-hydrogen) atoms. The van der Waals surface area contributed by atoms with Crippen LogP contribution in [0.2, 0.25) is 0 Å². The van der Waals surface area contributed by atoms with Crippen LogP contribution < -0.4 is 0 Å². The Labute approximate surface area is 235 Å². The first-order valence-electron chi connectivity index (χ1n) is 13.4. The van der Waals surface area contributed by atoms with Gasteiger partial charge in [0.15, 0.2) is 0 Å². The van der Waals surface area contributed by atoms with Crippen LogP contribution in [0, 0.1) is 5.92 Å². The topological polar surface area (TPSA) is 90.2 Å². The zero-order chi connectivity index (χ0) is 29.4. The molecule has 1 aromatic heterocycles. The molecule has 0 unspecified atom stereocenters. The molecule has 0 N–H and O–H groups in total. The van der Waals surface area contributed by atoms with Crippen molar-refractivity contribution in [1.82, 2.24) is 9.47 Å². The number of para-hydroxylation sites is 1. The first kappa shape index (κ1) is 28.8. The highest BCUT2D eigenvalue weighted by Gasteiger charge is 2.43. The molecule has 2 heterocycles. The lowest BCUT2D eigenvalue weighted by Gasteiger charge is -2.37. The number of carbonyl (C=O) groups is 3. The van der Waals surface area contributed by atoms with Crippen molar-refractivity contribution in [1.29, 1.82) is 0 Å². The van der Waals surface area contributed by atoms with Crippen LogP contribution in [0.1, 0.15) is 66.5 Å². The predicted octanol–water partition coefficient (Wildman–Crippen LogP) is 7.06. The zero-order valence-corrected chi connectivity index (χ0v) is 24.4. The van der Waals surface area contributed by atoms with Crippen molar-refractivity contribution < 1.29 is 23.9 Å². The summed E-state index contributed by atoms with van der Waals surface area (Å²) in [7, 11) is 0. The number of benzene rings is 2. The number of imide groups is 1. The highest BCUT2D eigenvalue weighted by molar-refractivity contribution is 6.18. The number of hydrogen-bond acceptors (Lipinski definition) is 6. The predicted molar refractivity (Wildman–Crippen MR) is 156 cm³/mol. The molecule has 8 heteroatoms. The first-order chi connectivity index (χ1) is 18.7. The van der Waals surface area contributed by atoms with Crippen molar-refractivity contribution in [3.63, 3.8) is 0 Å². The Morgan fingerprint density at radius 3 is 2.05 bits per heavy atom. The maximum absolute atomic E-state index is 14.0. The SMILES string of the molecule is CC(C)[C@H]1C(c2ccccc2)=N/C(=C\c2cn(C(=O)OC(C)(C)C)c3ccccc23)C(=O)N1C(=O)OC(C)(C)C. The minimum atomic E-state index is -0.800. The van der Waals surface area contributed by atoms with Gasteiger partial charge in [-0.25, -0.2) is 19.5 Å². The molecule has 210 valence electrons. The molecule has 2 aromatic carbocycles. The van der Waals surface area contributed by atoms with Crippen molar-refractivity contribution in [3.05, 3.63) is 77.6 Å². The van der Waals surface area contributed by atoms with E-state index in [1.54, 1.807) is 53.8 Å². The third-order valence-electron chi connectivity index (χ3n) is 6.15. The Balaban J connectivity index is 1.92. The van der Waals surface area contributed by atoms with Crippen molar-refractivity contribution >= 4 is 40.8 Å². The van der Waals surface area contributed by atoms with Crippen LogP contribution in [0.4, 0.5) is 9.59 Å². The molecule has 1 atom stereocenters. The zero-order valence-electron chi connectivity index (χ0n) is 24.4. The van der Waals surface area contributed by atoms with Crippen molar-refractivity contribution in [2.75, 3.05) is 0 Å². The van der Waals surface area contributed by atoms with Crippen LogP contribution in [-0.2, 0) is 14.3 Å². The first-order valence-corrected chi connectivity index (χ1v) is 13.4. The van der Waals surface area contributed by atoms with E-state index in [1.807, 2.05) is 68.4 Å². The Hall–Kier alpha value is -4.20. The van der Waals surface area contributed by atoms with Gasteiger partial charge in [0.1, 0.15) is 16.9 Å². The van der Waals surface area contributed by atoms with E-state index >= 15 is 0 Å². The Bertz CT molecular complexity index is 1500. The second-order valence-electron chi connectivity index (χ2n) is 12.2. The number of ether oxygens (including phenoxy) is 2. The fourth-order valence-corrected chi connectivity index (χ4v) is 4.61. The third kappa shape index (κ3) is 6.17. The minimum Gasteiger partial charge on any atom is -0.443 e. The quantitative estimate of drug-likeness (QED) is 0.330. The van der Waals surface area contributed by atoms with E-state index in [0.29, 0.717) is 16.8 Å². The second-order valence-corrected chi connectivity index (χ2v) is 12.2. The van der Waals surface area contributed by atoms with Crippen LogP contribution in [0.25, 0.3) is 17.0 Å². The number of rotatable bonds is 3. The number of hydrogen-bond donors (Lipinski definition) is 0. The molecule has 0 spiro atoms. The summed E-state index contributed by atoms with van der Waals surface area (Å²) >= 11 is 0. The van der Waals surface area contributed by atoms with E-state index < -0.39 is 35.3 Å². The fraction of sp³-hybridized carbons (Fsp3) is 0.375. The van der Waals surface area contributed by atoms with Crippen LogP contribution in [-0.4, -0.2) is 50.5 Å². The molecule has 0 radical (unpaired) electrons. The summed E-state index contributed by atoms with van der Waals surface area (Å²) in [4.78, 5) is 46.5. The molecule has 0 bridgehead atoms. The van der Waals surface area contributed by atoms with E-state index in [2.05, 4.69) is 0 Å². The van der Waals surface area contributed by atoms with Crippen molar-refractivity contribution in [2.45, 2.75) is 72.6 Å². The molecule has 4 rings (SSSR count). The number of fused-ring (bicyclic) bond motifs is 1. The normalized spacial score (nSPS) is 17.4. The molecule has 3 aromatic rings. The Morgan fingerprint density at radius 2 is 1.45 bits per heavy atom. The Kier molecular flexibility index (Phi) is 7.74. The van der Waals surface area contributed by atoms with Gasteiger partial charge in [0.2, 0.25) is 0 Å². The van der Waals surface area contributed by atoms with Gasteiger partial charge in [-0.05, 0) is 65.2 Å². The lowest BCUT2D eigenvalue weighted by atomic mass is 9.90. The lowest BCUT2D eigenvalue weighted by molar-refractivity contribution is -0.128. The largest absolute Gasteiger partial charge is 0.443 e. The molecule has 0 saturated heterocycles. The second kappa shape index (κ2) is 10.8. The van der Waals surface area contributed by atoms with E-state index in [0.717, 1.165) is 10.9 Å². The van der Waals surface area contributed by atoms with Crippen LogP contribution in [0.5, 0.6) is 0 Å². The highest BCUT2D eigenvalue weighted by Crippen LogP contribution is 2.31. The number of amides is 2. The highest BCUT2D eigenvalue weighted by atomic mass is 16.6. The van der Waals surface area contributed by atoms with Crippen LogP contribution in [0.3, 0.4) is 0 Å². The molecule has 2 amide bonds. The summed E-state index contributed by atoms with van der Waals surface area (Å²) in [6.07, 6.45) is 1.97. The van der Waals surface area contributed by atoms with Gasteiger partial charge in [-0.1, -0.05) is 62.4 Å². The van der Waals surface area contributed by atoms with Gasteiger partial charge in [0.05, 0.1) is 17.3 Å². The van der Waals surface area contributed by atoms with E-state index in [-0.39, 0.29) is 11.6 Å². The molecule has 0 saturated carbocycles. The van der Waals surface area contributed by atoms with E-state index in [9.17, 15) is 14.4 Å². The molecular weight excluding hydrogens is 506 g/mol. The maximum Gasteiger partial charge on any atom is 0.419 e. The van der Waals surface area contributed by atoms with Crippen LogP contribution in [0.15, 0.2) is 71.5 Å². The molecule has 1 aliphatic heterocycles. The molecular formula is C32H37N3O5. The van der Waals surface area contributed by atoms with Gasteiger partial charge in [-0.3, -0.25) is 9.36 Å². The smallest absolute Gasteiger partial charge is 0.419 e. The monoisotopic (exact) mass is 543 g/mol. The number of aliphatic imine (C=N–C) groups is 1. The maximum atomic E-state index is 14.0. The lowest BCUT2D eigenvalue weighted by Crippen LogP contribution is -2.55. The van der Waals surface area contributed by atoms with Gasteiger partial charge in [-0.15, -0.1) is 0 Å². The Morgan fingerprint density at radius 1 is 0.875 bits per heavy atom. The molecule has 0 fully saturated rings. The number of carbonyl (C=O) groups excluding carboxylic acids is 3. The van der Waals surface area contributed by atoms with E-state index in [4.69, 9.17) is 14.5 Å². The third-order valence-corrected chi connectivity index (χ3v) is 6.15. The summed E-state index contributed by atoms with van der Waals surface area (Å²) in [6.45, 7) is 14.6. The molecule has 0 aliphatic carbocycles. The minimum absolute atomic E-state index is 0.0636. The average Bonchev–Trinajstić information content (AvgIpc) is 3.22. The molecule has 1 aliphatic rings. The summed E-state index contributed by atoms with van der Waals surface area (Å²) in [5, 5.41) is 0.736. The van der Waals surface area contributed by atoms with Crippen LogP contribution >= 0.6 is 0 Å². The number of nitrogens with zero attached hydrogens (tertiary/aromatic N) is 3. The van der Waals surface area contributed by atoms with Crippen molar-refractivity contribution in [3.8, 4) is 0 Å². The summed E-state index contributed by atoms with van der Waals surface area (Å²) < 4.78 is 12.7. The van der Waals surface area contributed by atoms with E-state index in [1.165, 1.54) is 9.47 Å². The standard InChI is InChI=1S/C32H37N3O5/c1-20(2)27-26(21-14-10-9-11-15-21)33-24(28(36)35(27)30(38)40-32(6,7)8)18-22-19-34(29(37)39-31(3,4)5)25-17-13-12-16-23(22)25/h9-20,27H,1-8H3/b24-18-/t27-/m0/s1. The number of aromatic nitrogens is 1. The summed E-state index contributed by atoms with van der Waals surface area (Å²) in [6, 6.07) is 16.2. The van der Waals surface area contributed by atoms with Crippen molar-refractivity contribution in [2.24, 2.45) is 10.9 Å². The van der Waals surface area contributed by atoms with Gasteiger partial charge < -0.3 is 9.47 Å². The summed E-state index contributed by atoms with van der Waals surface area (Å²) in [5.41, 5.74) is 1.18. The average molecular weight is 544 g/mol. The molecule has 8 nitrogen and oxygen atoms in total. The van der Waals surface area contributed by atoms with Gasteiger partial charge >= 0.3 is 12.2 Å². The van der Waals surface area contributed by atoms with Gasteiger partial charge in [0.25, 0.3) is 5.91 Å². The van der Waals surface area contributed by atoms with Gasteiger partial charge in [-0.2, -0.15) is 0 Å².